The molecular weight excluding hydrogens is 272 g/mol. The average Bonchev–Trinajstić information content (AvgIpc) is 2.83. The fourth-order valence-corrected chi connectivity index (χ4v) is 2.44. The van der Waals surface area contributed by atoms with Gasteiger partial charge in [0.05, 0.1) is 0 Å². The van der Waals surface area contributed by atoms with Gasteiger partial charge in [-0.25, -0.2) is 5.84 Å². The first-order valence-corrected chi connectivity index (χ1v) is 7.25. The van der Waals surface area contributed by atoms with Gasteiger partial charge < -0.3 is 4.74 Å². The second kappa shape index (κ2) is 5.76. The lowest BCUT2D eigenvalue weighted by molar-refractivity contribution is 0.296. The summed E-state index contributed by atoms with van der Waals surface area (Å²) in [6.07, 6.45) is 0. The van der Waals surface area contributed by atoms with Crippen LogP contribution in [0.3, 0.4) is 0 Å². The molecule has 1 aromatic heterocycles. The Morgan fingerprint density at radius 1 is 1.30 bits per heavy atom. The van der Waals surface area contributed by atoms with Gasteiger partial charge in [0.1, 0.15) is 12.4 Å². The molecule has 0 aliphatic rings. The fraction of sp³-hybridized carbons (Fsp3) is 0.429. The molecule has 0 radical (unpaired) electrons. The number of nitrogens with zero attached hydrogens (tertiary/aromatic N) is 2. The predicted molar refractivity (Wildman–Crippen MR) is 81.9 cm³/mol. The van der Waals surface area contributed by atoms with E-state index in [1.807, 2.05) is 0 Å². The maximum absolute atomic E-state index is 5.93. The monoisotopic (exact) mass is 292 g/mol. The zero-order chi connectivity index (χ0) is 14.8. The number of anilines is 1. The van der Waals surface area contributed by atoms with Crippen molar-refractivity contribution in [3.8, 4) is 5.75 Å². The van der Waals surface area contributed by atoms with Gasteiger partial charge in [-0.1, -0.05) is 44.2 Å². The smallest absolute Gasteiger partial charge is 0.219 e. The van der Waals surface area contributed by atoms with E-state index in [1.165, 1.54) is 22.5 Å². The van der Waals surface area contributed by atoms with Crippen molar-refractivity contribution in [1.29, 1.82) is 0 Å². The van der Waals surface area contributed by atoms with Crippen molar-refractivity contribution in [1.82, 2.24) is 10.2 Å². The Labute approximate surface area is 123 Å². The molecule has 3 N–H and O–H groups in total. The van der Waals surface area contributed by atoms with E-state index < -0.39 is 0 Å². The largest absolute Gasteiger partial charge is 0.486 e. The first-order chi connectivity index (χ1) is 9.40. The van der Waals surface area contributed by atoms with Crippen molar-refractivity contribution in [3.05, 3.63) is 34.3 Å². The number of nitrogens with one attached hydrogen (secondary N) is 1. The van der Waals surface area contributed by atoms with Crippen LogP contribution in [0, 0.1) is 6.92 Å². The van der Waals surface area contributed by atoms with E-state index in [1.54, 1.807) is 0 Å². The number of hydrogen-bond acceptors (Lipinski definition) is 6. The van der Waals surface area contributed by atoms with E-state index in [0.717, 1.165) is 10.8 Å². The molecule has 1 aromatic carbocycles. The highest BCUT2D eigenvalue weighted by Crippen LogP contribution is 2.32. The number of hydrogen-bond donors (Lipinski definition) is 2. The molecule has 2 rings (SSSR count). The van der Waals surface area contributed by atoms with Gasteiger partial charge in [-0.3, -0.25) is 5.43 Å². The molecule has 0 aliphatic heterocycles. The molecule has 0 unspecified atom stereocenters. The molecule has 20 heavy (non-hydrogen) atoms. The normalized spacial score (nSPS) is 11.4. The number of aromatic nitrogens is 2. The Hall–Kier alpha value is -1.66. The summed E-state index contributed by atoms with van der Waals surface area (Å²) in [6.45, 7) is 8.97. The molecule has 0 amide bonds. The van der Waals surface area contributed by atoms with Crippen LogP contribution in [0.25, 0.3) is 0 Å². The van der Waals surface area contributed by atoms with Crippen molar-refractivity contribution in [2.45, 2.75) is 39.7 Å². The molecule has 0 spiro atoms. The van der Waals surface area contributed by atoms with Crippen LogP contribution < -0.4 is 16.0 Å². The second-order valence-corrected chi connectivity index (χ2v) is 6.75. The third-order valence-corrected chi connectivity index (χ3v) is 3.71. The minimum absolute atomic E-state index is 0.0358. The molecule has 0 saturated heterocycles. The van der Waals surface area contributed by atoms with E-state index in [9.17, 15) is 0 Å². The highest BCUT2D eigenvalue weighted by Gasteiger charge is 2.19. The summed E-state index contributed by atoms with van der Waals surface area (Å²) < 4.78 is 5.93. The maximum atomic E-state index is 5.93. The van der Waals surface area contributed by atoms with Crippen molar-refractivity contribution in [3.63, 3.8) is 0 Å². The van der Waals surface area contributed by atoms with Gasteiger partial charge in [0, 0.05) is 0 Å². The van der Waals surface area contributed by atoms with Gasteiger partial charge in [-0.2, -0.15) is 0 Å². The standard InChI is InChI=1S/C14H20N4OS/c1-9-5-6-10(14(2,3)4)11(7-9)19-8-12-17-18-13(16-15)20-12/h5-7H,8,15H2,1-4H3,(H,16,18). The zero-order valence-corrected chi connectivity index (χ0v) is 13.0. The first kappa shape index (κ1) is 14.7. The van der Waals surface area contributed by atoms with Crippen LogP contribution in [0.1, 0.15) is 36.9 Å². The molecule has 0 saturated carbocycles. The number of ether oxygens (including phenoxy) is 1. The molecule has 108 valence electrons. The Morgan fingerprint density at radius 3 is 2.65 bits per heavy atom. The van der Waals surface area contributed by atoms with Crippen molar-refractivity contribution in [2.24, 2.45) is 5.84 Å². The number of aryl methyl sites for hydroxylation is 1. The van der Waals surface area contributed by atoms with E-state index >= 15 is 0 Å². The Morgan fingerprint density at radius 2 is 2.05 bits per heavy atom. The van der Waals surface area contributed by atoms with Gasteiger partial charge >= 0.3 is 0 Å². The molecule has 0 atom stereocenters. The highest BCUT2D eigenvalue weighted by molar-refractivity contribution is 7.15. The predicted octanol–water partition coefficient (Wildman–Crippen LogP) is 3.01. The number of hydrazine groups is 1. The average molecular weight is 292 g/mol. The zero-order valence-electron chi connectivity index (χ0n) is 12.2. The number of nitrogen functional groups attached to an aromatic ring is 1. The summed E-state index contributed by atoms with van der Waals surface area (Å²) in [5.41, 5.74) is 4.88. The number of rotatable bonds is 4. The number of nitrogens with two attached hydrogens (primary N) is 1. The third-order valence-electron chi connectivity index (χ3n) is 2.89. The third kappa shape index (κ3) is 3.46. The summed E-state index contributed by atoms with van der Waals surface area (Å²) >= 11 is 1.39. The summed E-state index contributed by atoms with van der Waals surface area (Å²) in [5, 5.41) is 9.28. The molecular formula is C14H20N4OS. The minimum Gasteiger partial charge on any atom is -0.486 e. The Bertz CT molecular complexity index is 589. The summed E-state index contributed by atoms with van der Waals surface area (Å²) in [5.74, 6) is 6.19. The van der Waals surface area contributed by atoms with E-state index in [2.05, 4.69) is 61.5 Å². The van der Waals surface area contributed by atoms with E-state index in [0.29, 0.717) is 11.7 Å². The molecule has 6 heteroatoms. The molecule has 0 bridgehead atoms. The van der Waals surface area contributed by atoms with Crippen LogP contribution in [-0.2, 0) is 12.0 Å². The quantitative estimate of drug-likeness (QED) is 0.669. The Balaban J connectivity index is 2.18. The van der Waals surface area contributed by atoms with Gasteiger partial charge in [0.25, 0.3) is 0 Å². The van der Waals surface area contributed by atoms with Gasteiger partial charge in [0.2, 0.25) is 5.13 Å². The maximum Gasteiger partial charge on any atom is 0.219 e. The van der Waals surface area contributed by atoms with Crippen LogP contribution in [-0.4, -0.2) is 10.2 Å². The molecule has 0 fully saturated rings. The Kier molecular flexibility index (Phi) is 4.25. The summed E-state index contributed by atoms with van der Waals surface area (Å²) in [7, 11) is 0. The first-order valence-electron chi connectivity index (χ1n) is 6.43. The SMILES string of the molecule is Cc1ccc(C(C)(C)C)c(OCc2nnc(NN)s2)c1. The lowest BCUT2D eigenvalue weighted by atomic mass is 9.86. The van der Waals surface area contributed by atoms with Gasteiger partial charge in [0.15, 0.2) is 5.01 Å². The topological polar surface area (TPSA) is 73.1 Å². The van der Waals surface area contributed by atoms with Crippen LogP contribution in [0.15, 0.2) is 18.2 Å². The fourth-order valence-electron chi connectivity index (χ4n) is 1.88. The van der Waals surface area contributed by atoms with Crippen LogP contribution in [0.5, 0.6) is 5.75 Å². The van der Waals surface area contributed by atoms with Crippen LogP contribution >= 0.6 is 11.3 Å². The van der Waals surface area contributed by atoms with Gasteiger partial charge in [-0.15, -0.1) is 10.2 Å². The van der Waals surface area contributed by atoms with Crippen LogP contribution in [0.2, 0.25) is 0 Å². The molecule has 5 nitrogen and oxygen atoms in total. The lowest BCUT2D eigenvalue weighted by Gasteiger charge is -2.23. The minimum atomic E-state index is 0.0358. The number of benzene rings is 1. The van der Waals surface area contributed by atoms with Crippen molar-refractivity contribution in [2.75, 3.05) is 5.43 Å². The molecule has 2 aromatic rings. The van der Waals surface area contributed by atoms with E-state index in [-0.39, 0.29) is 5.41 Å². The molecule has 0 aliphatic carbocycles. The van der Waals surface area contributed by atoms with Crippen LogP contribution in [0.4, 0.5) is 5.13 Å². The van der Waals surface area contributed by atoms with Gasteiger partial charge in [-0.05, 0) is 29.5 Å². The lowest BCUT2D eigenvalue weighted by Crippen LogP contribution is -2.13. The second-order valence-electron chi connectivity index (χ2n) is 5.68. The highest BCUT2D eigenvalue weighted by atomic mass is 32.1. The van der Waals surface area contributed by atoms with Crippen molar-refractivity contribution >= 4 is 16.5 Å². The molecule has 1 heterocycles. The summed E-state index contributed by atoms with van der Waals surface area (Å²) in [4.78, 5) is 0. The van der Waals surface area contributed by atoms with Crippen molar-refractivity contribution < 1.29 is 4.74 Å². The van der Waals surface area contributed by atoms with E-state index in [4.69, 9.17) is 10.6 Å². The summed E-state index contributed by atoms with van der Waals surface area (Å²) in [6, 6.07) is 6.29.